The molecule has 1 aromatic carbocycles. The molecule has 0 atom stereocenters. The Balaban J connectivity index is 2.37. The van der Waals surface area contributed by atoms with E-state index < -0.39 is 0 Å². The van der Waals surface area contributed by atoms with Crippen molar-refractivity contribution in [2.24, 2.45) is 0 Å². The number of rotatable bonds is 4. The topological polar surface area (TPSA) is 0 Å². The molecule has 0 spiro atoms. The highest BCUT2D eigenvalue weighted by molar-refractivity contribution is 6.53. The van der Waals surface area contributed by atoms with Gasteiger partial charge in [-0.15, -0.1) is 4.43 Å². The molecule has 0 N–H and O–H groups in total. The average Bonchev–Trinajstić information content (AvgIpc) is 2.09. The van der Waals surface area contributed by atoms with Crippen LogP contribution in [0.15, 0.2) is 24.3 Å². The van der Waals surface area contributed by atoms with Gasteiger partial charge in [0, 0.05) is 0 Å². The summed E-state index contributed by atoms with van der Waals surface area (Å²) in [6.07, 6.45) is 2.76. The molecular weight excluding hydrogens is 159 g/mol. The van der Waals surface area contributed by atoms with Gasteiger partial charge in [-0.1, -0.05) is 54.9 Å². The summed E-state index contributed by atoms with van der Waals surface area (Å²) in [5.41, 5.74) is 1.38. The lowest BCUT2D eigenvalue weighted by Gasteiger charge is -1.98. The highest BCUT2D eigenvalue weighted by Gasteiger charge is 1.95. The fourth-order valence-electron chi connectivity index (χ4n) is 1.33. The summed E-state index contributed by atoms with van der Waals surface area (Å²) in [6.45, 7) is 4.42. The standard InChI is InChI=1S/C7H7.C4H9.Al.H/c1-7-5-3-2-4-6-7;1-3-4-2;;/h3-6H,1H3;1,3-4H2,2H3;;. The number of aryl methyl sites for hydroxylation is 1. The number of unbranched alkanes of at least 4 members (excludes halogenated alkanes) is 1. The monoisotopic (exact) mass is 176 g/mol. The lowest BCUT2D eigenvalue weighted by atomic mass is 10.2. The van der Waals surface area contributed by atoms with Gasteiger partial charge in [0.15, 0.2) is 0 Å². The summed E-state index contributed by atoms with van der Waals surface area (Å²) in [7, 11) is 0. The normalized spacial score (nSPS) is 9.83. The van der Waals surface area contributed by atoms with Crippen LogP contribution in [-0.2, 0) is 0 Å². The van der Waals surface area contributed by atoms with Crippen molar-refractivity contribution in [2.45, 2.75) is 32.0 Å². The molecule has 0 fully saturated rings. The van der Waals surface area contributed by atoms with Crippen molar-refractivity contribution in [1.29, 1.82) is 0 Å². The molecule has 0 saturated carbocycles. The zero-order valence-corrected chi connectivity index (χ0v) is 9.55. The molecule has 0 aliphatic heterocycles. The smallest absolute Gasteiger partial charge is 0.116 e. The van der Waals surface area contributed by atoms with Crippen LogP contribution < -0.4 is 4.43 Å². The number of benzene rings is 1. The van der Waals surface area contributed by atoms with Gasteiger partial charge in [0.05, 0.1) is 0 Å². The molecule has 64 valence electrons. The minimum absolute atomic E-state index is 0.0616. The van der Waals surface area contributed by atoms with Crippen LogP contribution in [0, 0.1) is 6.92 Å². The minimum Gasteiger partial charge on any atom is -0.116 e. The first kappa shape index (κ1) is 9.84. The molecule has 0 radical (unpaired) electrons. The Morgan fingerprint density at radius 3 is 2.42 bits per heavy atom. The van der Waals surface area contributed by atoms with Gasteiger partial charge in [-0.2, -0.15) is 0 Å². The molecule has 0 nitrogen and oxygen atoms in total. The Morgan fingerprint density at radius 2 is 1.83 bits per heavy atom. The molecule has 0 aliphatic carbocycles. The quantitative estimate of drug-likeness (QED) is 0.487. The number of hydrogen-bond acceptors (Lipinski definition) is 0. The summed E-state index contributed by atoms with van der Waals surface area (Å²) in [5, 5.41) is 1.47. The molecule has 0 heterocycles. The van der Waals surface area contributed by atoms with E-state index in [-0.39, 0.29) is 15.2 Å². The van der Waals surface area contributed by atoms with Gasteiger partial charge < -0.3 is 0 Å². The Bertz CT molecular complexity index is 213. The molecule has 0 aromatic heterocycles. The van der Waals surface area contributed by atoms with Crippen LogP contribution in [-0.4, -0.2) is 15.2 Å². The Labute approximate surface area is 81.7 Å². The maximum Gasteiger partial charge on any atom is 0.282 e. The lowest BCUT2D eigenvalue weighted by Crippen LogP contribution is -2.12. The summed E-state index contributed by atoms with van der Waals surface area (Å²) >= 11 is 0.0616. The van der Waals surface area contributed by atoms with Gasteiger partial charge in [-0.05, 0) is 6.92 Å². The number of hydrogen-bond donors (Lipinski definition) is 0. The van der Waals surface area contributed by atoms with Crippen LogP contribution >= 0.6 is 0 Å². The van der Waals surface area contributed by atoms with Crippen molar-refractivity contribution in [3.05, 3.63) is 29.8 Å². The molecule has 1 rings (SSSR count). The van der Waals surface area contributed by atoms with Gasteiger partial charge in [0.1, 0.15) is 0 Å². The molecule has 0 unspecified atom stereocenters. The van der Waals surface area contributed by atoms with E-state index in [9.17, 15) is 0 Å². The van der Waals surface area contributed by atoms with E-state index >= 15 is 0 Å². The van der Waals surface area contributed by atoms with Crippen LogP contribution in [0.2, 0.25) is 5.28 Å². The molecule has 1 heteroatoms. The molecule has 12 heavy (non-hydrogen) atoms. The fraction of sp³-hybridized carbons (Fsp3) is 0.455. The van der Waals surface area contributed by atoms with Crippen molar-refractivity contribution in [3.8, 4) is 0 Å². The van der Waals surface area contributed by atoms with Crippen LogP contribution in [0.25, 0.3) is 0 Å². The molecule has 1 aromatic rings. The van der Waals surface area contributed by atoms with Gasteiger partial charge in [-0.25, -0.2) is 0 Å². The zero-order chi connectivity index (χ0) is 8.81. The van der Waals surface area contributed by atoms with Crippen molar-refractivity contribution in [1.82, 2.24) is 0 Å². The summed E-state index contributed by atoms with van der Waals surface area (Å²) < 4.78 is 1.62. The van der Waals surface area contributed by atoms with Gasteiger partial charge in [0.25, 0.3) is 15.2 Å². The molecule has 0 aliphatic rings. The van der Waals surface area contributed by atoms with Crippen molar-refractivity contribution >= 4 is 19.6 Å². The second kappa shape index (κ2) is 5.41. The van der Waals surface area contributed by atoms with Crippen LogP contribution in [0.3, 0.4) is 0 Å². The largest absolute Gasteiger partial charge is 0.282 e. The lowest BCUT2D eigenvalue weighted by molar-refractivity contribution is 0.881. The van der Waals surface area contributed by atoms with E-state index in [4.69, 9.17) is 0 Å². The van der Waals surface area contributed by atoms with Crippen LogP contribution in [0.5, 0.6) is 0 Å². The first-order valence-corrected chi connectivity index (χ1v) is 6.59. The fourth-order valence-corrected chi connectivity index (χ4v) is 3.06. The third-order valence-corrected chi connectivity index (χ3v) is 4.09. The van der Waals surface area contributed by atoms with Gasteiger partial charge >= 0.3 is 0 Å². The summed E-state index contributed by atoms with van der Waals surface area (Å²) in [5.74, 6) is 0. The van der Waals surface area contributed by atoms with Crippen LogP contribution in [0.4, 0.5) is 0 Å². The SMILES string of the molecule is CCC[CH2][AlH][c]1ccc(C)cc1. The molecule has 0 amide bonds. The van der Waals surface area contributed by atoms with E-state index in [2.05, 4.69) is 38.1 Å². The summed E-state index contributed by atoms with van der Waals surface area (Å²) in [4.78, 5) is 0. The third kappa shape index (κ3) is 3.43. The molecular formula is C11H17Al. The zero-order valence-electron chi connectivity index (χ0n) is 8.14. The van der Waals surface area contributed by atoms with Gasteiger partial charge in [-0.3, -0.25) is 0 Å². The highest BCUT2D eigenvalue weighted by Crippen LogP contribution is 1.96. The second-order valence-corrected chi connectivity index (χ2v) is 5.47. The minimum atomic E-state index is 0.0616. The summed E-state index contributed by atoms with van der Waals surface area (Å²) in [6, 6.07) is 9.07. The Hall–Kier alpha value is -0.248. The van der Waals surface area contributed by atoms with Crippen molar-refractivity contribution in [3.63, 3.8) is 0 Å². The second-order valence-electron chi connectivity index (χ2n) is 3.44. The first-order chi connectivity index (χ1) is 5.83. The maximum absolute atomic E-state index is 2.30. The molecule has 0 bridgehead atoms. The highest BCUT2D eigenvalue weighted by atomic mass is 27.1. The Kier molecular flexibility index (Phi) is 4.43. The van der Waals surface area contributed by atoms with Crippen molar-refractivity contribution < 1.29 is 0 Å². The van der Waals surface area contributed by atoms with E-state index in [0.717, 1.165) is 0 Å². The molecule has 0 saturated heterocycles. The predicted molar refractivity (Wildman–Crippen MR) is 57.7 cm³/mol. The first-order valence-electron chi connectivity index (χ1n) is 4.88. The van der Waals surface area contributed by atoms with E-state index in [1.165, 1.54) is 23.7 Å². The average molecular weight is 176 g/mol. The predicted octanol–water partition coefficient (Wildman–Crippen LogP) is 2.28. The van der Waals surface area contributed by atoms with E-state index in [1.807, 2.05) is 0 Å². The van der Waals surface area contributed by atoms with E-state index in [0.29, 0.717) is 0 Å². The Morgan fingerprint density at radius 1 is 1.17 bits per heavy atom. The van der Waals surface area contributed by atoms with Crippen LogP contribution in [0.1, 0.15) is 25.3 Å². The van der Waals surface area contributed by atoms with E-state index in [1.54, 1.807) is 4.43 Å². The van der Waals surface area contributed by atoms with Gasteiger partial charge in [0.2, 0.25) is 0 Å². The maximum atomic E-state index is 2.30. The van der Waals surface area contributed by atoms with Crippen molar-refractivity contribution in [2.75, 3.05) is 0 Å². The third-order valence-electron chi connectivity index (χ3n) is 2.19.